The van der Waals surface area contributed by atoms with Crippen LogP contribution in [0.15, 0.2) is 12.1 Å². The smallest absolute Gasteiger partial charge is 0.303 e. The van der Waals surface area contributed by atoms with Crippen molar-refractivity contribution in [3.63, 3.8) is 0 Å². The Labute approximate surface area is 143 Å². The molecule has 134 valence electrons. The van der Waals surface area contributed by atoms with Crippen LogP contribution < -0.4 is 0 Å². The standard InChI is InChI=1S/C18H19F3N2O2/c1-9(2)18-15-10(8-14(24)25)4-3-5-12(15)23(22-18)13-7-6-11(19)16(20)17(13)21/h6-7,9-10H,3-5,8H2,1-2H3,(H,24,25). The molecule has 1 atom stereocenters. The minimum absolute atomic E-state index is 0.00208. The molecule has 25 heavy (non-hydrogen) atoms. The third-order valence-corrected chi connectivity index (χ3v) is 4.64. The molecule has 1 aliphatic rings. The second-order valence-electron chi connectivity index (χ2n) is 6.69. The molecule has 0 saturated carbocycles. The third-order valence-electron chi connectivity index (χ3n) is 4.64. The van der Waals surface area contributed by atoms with E-state index < -0.39 is 23.4 Å². The molecule has 1 unspecified atom stereocenters. The van der Waals surface area contributed by atoms with Crippen LogP contribution in [0.3, 0.4) is 0 Å². The number of carboxylic acid groups (broad SMARTS) is 1. The van der Waals surface area contributed by atoms with Crippen LogP contribution in [0.5, 0.6) is 0 Å². The van der Waals surface area contributed by atoms with Gasteiger partial charge in [-0.2, -0.15) is 5.10 Å². The minimum atomic E-state index is -1.54. The van der Waals surface area contributed by atoms with Crippen LogP contribution in [0, 0.1) is 17.5 Å². The summed E-state index contributed by atoms with van der Waals surface area (Å²) in [6.45, 7) is 3.84. The number of benzene rings is 1. The molecule has 0 bridgehead atoms. The maximum atomic E-state index is 14.3. The van der Waals surface area contributed by atoms with E-state index >= 15 is 0 Å². The molecule has 1 heterocycles. The zero-order valence-electron chi connectivity index (χ0n) is 14.0. The highest BCUT2D eigenvalue weighted by molar-refractivity contribution is 5.68. The van der Waals surface area contributed by atoms with E-state index in [4.69, 9.17) is 0 Å². The SMILES string of the molecule is CC(C)c1nn(-c2ccc(F)c(F)c2F)c2c1C(CC(=O)O)CCC2. The predicted molar refractivity (Wildman–Crippen MR) is 85.5 cm³/mol. The van der Waals surface area contributed by atoms with E-state index in [1.807, 2.05) is 13.8 Å². The van der Waals surface area contributed by atoms with Crippen LogP contribution in [0.25, 0.3) is 5.69 Å². The Balaban J connectivity index is 2.20. The Morgan fingerprint density at radius 3 is 2.68 bits per heavy atom. The van der Waals surface area contributed by atoms with E-state index in [0.29, 0.717) is 24.2 Å². The summed E-state index contributed by atoms with van der Waals surface area (Å²) >= 11 is 0. The number of hydrogen-bond acceptors (Lipinski definition) is 2. The zero-order valence-corrected chi connectivity index (χ0v) is 14.0. The van der Waals surface area contributed by atoms with Crippen molar-refractivity contribution in [1.29, 1.82) is 0 Å². The summed E-state index contributed by atoms with van der Waals surface area (Å²) in [6, 6.07) is 2.03. The molecule has 0 aliphatic heterocycles. The summed E-state index contributed by atoms with van der Waals surface area (Å²) in [6.07, 6.45) is 2.01. The van der Waals surface area contributed by atoms with Crippen molar-refractivity contribution in [2.75, 3.05) is 0 Å². The summed E-state index contributed by atoms with van der Waals surface area (Å²) in [7, 11) is 0. The molecule has 2 aromatic rings. The quantitative estimate of drug-likeness (QED) is 0.835. The molecule has 7 heteroatoms. The number of hydrogen-bond donors (Lipinski definition) is 1. The van der Waals surface area contributed by atoms with Crippen molar-refractivity contribution in [2.45, 2.75) is 51.4 Å². The first kappa shape index (κ1) is 17.5. The first-order valence-electron chi connectivity index (χ1n) is 8.28. The maximum Gasteiger partial charge on any atom is 0.303 e. The molecule has 1 aromatic heterocycles. The lowest BCUT2D eigenvalue weighted by Crippen LogP contribution is -2.16. The van der Waals surface area contributed by atoms with Crippen molar-refractivity contribution in [3.05, 3.63) is 46.5 Å². The molecule has 1 aromatic carbocycles. The molecule has 0 saturated heterocycles. The molecule has 0 spiro atoms. The normalized spacial score (nSPS) is 17.0. The summed E-state index contributed by atoms with van der Waals surface area (Å²) in [5, 5.41) is 13.6. The lowest BCUT2D eigenvalue weighted by atomic mass is 9.81. The number of carbonyl (C=O) groups is 1. The van der Waals surface area contributed by atoms with Gasteiger partial charge in [-0.05, 0) is 43.2 Å². The highest BCUT2D eigenvalue weighted by atomic mass is 19.2. The van der Waals surface area contributed by atoms with Gasteiger partial charge in [-0.1, -0.05) is 13.8 Å². The van der Waals surface area contributed by atoms with Crippen molar-refractivity contribution >= 4 is 5.97 Å². The molecule has 0 fully saturated rings. The van der Waals surface area contributed by atoms with E-state index in [-0.39, 0.29) is 23.9 Å². The van der Waals surface area contributed by atoms with E-state index in [9.17, 15) is 23.1 Å². The molecule has 4 nitrogen and oxygen atoms in total. The fourth-order valence-corrected chi connectivity index (χ4v) is 3.55. The van der Waals surface area contributed by atoms with Crippen LogP contribution in [0.1, 0.15) is 61.9 Å². The van der Waals surface area contributed by atoms with E-state index in [2.05, 4.69) is 5.10 Å². The number of nitrogens with zero attached hydrogens (tertiary/aromatic N) is 2. The number of aromatic nitrogens is 2. The molecule has 1 aliphatic carbocycles. The Morgan fingerprint density at radius 1 is 1.32 bits per heavy atom. The third kappa shape index (κ3) is 3.03. The fraction of sp³-hybridized carbons (Fsp3) is 0.444. The molecule has 3 rings (SSSR count). The topological polar surface area (TPSA) is 55.1 Å². The Kier molecular flexibility index (Phi) is 4.58. The van der Waals surface area contributed by atoms with Gasteiger partial charge in [0.05, 0.1) is 12.1 Å². The minimum Gasteiger partial charge on any atom is -0.481 e. The first-order chi connectivity index (χ1) is 11.8. The summed E-state index contributed by atoms with van der Waals surface area (Å²) in [5.74, 6) is -5.19. The highest BCUT2D eigenvalue weighted by Gasteiger charge is 2.32. The van der Waals surface area contributed by atoms with Crippen LogP contribution in [0.2, 0.25) is 0 Å². The summed E-state index contributed by atoms with van der Waals surface area (Å²) < 4.78 is 42.5. The number of carboxylic acids is 1. The Morgan fingerprint density at radius 2 is 2.04 bits per heavy atom. The average Bonchev–Trinajstić information content (AvgIpc) is 2.93. The lowest BCUT2D eigenvalue weighted by Gasteiger charge is -2.23. The van der Waals surface area contributed by atoms with Gasteiger partial charge in [0.15, 0.2) is 17.5 Å². The highest BCUT2D eigenvalue weighted by Crippen LogP contribution is 2.40. The van der Waals surface area contributed by atoms with E-state index in [1.165, 1.54) is 4.68 Å². The number of rotatable bonds is 4. The van der Waals surface area contributed by atoms with Gasteiger partial charge in [-0.25, -0.2) is 17.9 Å². The van der Waals surface area contributed by atoms with Gasteiger partial charge < -0.3 is 5.11 Å². The molecule has 0 radical (unpaired) electrons. The number of fused-ring (bicyclic) bond motifs is 1. The Hall–Kier alpha value is -2.31. The van der Waals surface area contributed by atoms with Crippen molar-refractivity contribution in [2.24, 2.45) is 0 Å². The number of aliphatic carboxylic acids is 1. The van der Waals surface area contributed by atoms with Crippen LogP contribution in [-0.4, -0.2) is 20.9 Å². The zero-order chi connectivity index (χ0) is 18.3. The van der Waals surface area contributed by atoms with Crippen LogP contribution >= 0.6 is 0 Å². The van der Waals surface area contributed by atoms with Gasteiger partial charge in [-0.3, -0.25) is 4.79 Å². The first-order valence-corrected chi connectivity index (χ1v) is 8.28. The van der Waals surface area contributed by atoms with E-state index in [1.54, 1.807) is 0 Å². The van der Waals surface area contributed by atoms with Crippen LogP contribution in [-0.2, 0) is 11.2 Å². The van der Waals surface area contributed by atoms with Gasteiger partial charge in [-0.15, -0.1) is 0 Å². The second-order valence-corrected chi connectivity index (χ2v) is 6.69. The van der Waals surface area contributed by atoms with Gasteiger partial charge in [0.25, 0.3) is 0 Å². The largest absolute Gasteiger partial charge is 0.481 e. The Bertz CT molecular complexity index is 830. The molecule has 1 N–H and O–H groups in total. The van der Waals surface area contributed by atoms with Gasteiger partial charge >= 0.3 is 5.97 Å². The van der Waals surface area contributed by atoms with Crippen molar-refractivity contribution in [3.8, 4) is 5.69 Å². The van der Waals surface area contributed by atoms with Gasteiger partial charge in [0, 0.05) is 11.3 Å². The maximum absolute atomic E-state index is 14.3. The fourth-order valence-electron chi connectivity index (χ4n) is 3.55. The van der Waals surface area contributed by atoms with Crippen molar-refractivity contribution in [1.82, 2.24) is 9.78 Å². The average molecular weight is 352 g/mol. The van der Waals surface area contributed by atoms with Crippen LogP contribution in [0.4, 0.5) is 13.2 Å². The van der Waals surface area contributed by atoms with Crippen molar-refractivity contribution < 1.29 is 23.1 Å². The van der Waals surface area contributed by atoms with Gasteiger partial charge in [0.2, 0.25) is 0 Å². The lowest BCUT2D eigenvalue weighted by molar-refractivity contribution is -0.137. The number of halogens is 3. The molecular formula is C18H19F3N2O2. The molecule has 0 amide bonds. The molecular weight excluding hydrogens is 333 g/mol. The predicted octanol–water partition coefficient (Wildman–Crippen LogP) is 4.31. The monoisotopic (exact) mass is 352 g/mol. The summed E-state index contributed by atoms with van der Waals surface area (Å²) in [5.41, 5.74) is 2.03. The summed E-state index contributed by atoms with van der Waals surface area (Å²) in [4.78, 5) is 11.2. The van der Waals surface area contributed by atoms with E-state index in [0.717, 1.165) is 24.1 Å². The second kappa shape index (κ2) is 6.54. The van der Waals surface area contributed by atoms with Gasteiger partial charge in [0.1, 0.15) is 5.69 Å².